The quantitative estimate of drug-likeness (QED) is 0.387. The molecule has 2 aliphatic carbocycles. The lowest BCUT2D eigenvalue weighted by Gasteiger charge is -2.37. The van der Waals surface area contributed by atoms with Gasteiger partial charge in [0, 0.05) is 17.5 Å². The molecule has 2 fully saturated rings. The summed E-state index contributed by atoms with van der Waals surface area (Å²) in [5, 5.41) is 9.23. The summed E-state index contributed by atoms with van der Waals surface area (Å²) in [5.74, 6) is 3.09. The van der Waals surface area contributed by atoms with Crippen molar-refractivity contribution < 1.29 is 24.1 Å². The molecule has 0 radical (unpaired) electrons. The van der Waals surface area contributed by atoms with Crippen molar-refractivity contribution in [3.63, 3.8) is 0 Å². The Bertz CT molecular complexity index is 986. The molecular weight excluding hydrogens is 428 g/mol. The van der Waals surface area contributed by atoms with Gasteiger partial charge in [-0.25, -0.2) is 0 Å². The maximum atomic E-state index is 11.8. The van der Waals surface area contributed by atoms with Crippen molar-refractivity contribution in [3.8, 4) is 5.75 Å². The third kappa shape index (κ3) is 5.47. The molecule has 0 saturated heterocycles. The molecule has 0 amide bonds. The van der Waals surface area contributed by atoms with E-state index in [1.807, 2.05) is 30.3 Å². The fraction of sp³-hybridized carbons (Fsp3) is 0.552. The average Bonchev–Trinajstić information content (AvgIpc) is 3.30. The number of rotatable bonds is 7. The molecule has 1 N–H and O–H groups in total. The number of hydrogen-bond acceptors (Lipinski definition) is 5. The van der Waals surface area contributed by atoms with Gasteiger partial charge < -0.3 is 19.3 Å². The van der Waals surface area contributed by atoms with Crippen LogP contribution in [0, 0.1) is 17.8 Å². The minimum Gasteiger partial charge on any atom is -0.460 e. The van der Waals surface area contributed by atoms with Crippen LogP contribution in [0.25, 0.3) is 0 Å². The maximum Gasteiger partial charge on any atom is 0.308 e. The lowest BCUT2D eigenvalue weighted by molar-refractivity contribution is -0.164. The number of ether oxygens (including phenoxy) is 3. The molecule has 1 aliphatic heterocycles. The Morgan fingerprint density at radius 2 is 1.94 bits per heavy atom. The Balaban J connectivity index is 1.28. The molecule has 6 atom stereocenters. The van der Waals surface area contributed by atoms with Gasteiger partial charge in [-0.05, 0) is 68.1 Å². The Kier molecular flexibility index (Phi) is 7.21. The smallest absolute Gasteiger partial charge is 0.308 e. The molecule has 3 aliphatic rings. The lowest BCUT2D eigenvalue weighted by Crippen LogP contribution is -2.27. The van der Waals surface area contributed by atoms with E-state index in [0.717, 1.165) is 40.7 Å². The summed E-state index contributed by atoms with van der Waals surface area (Å²) in [7, 11) is 0. The fourth-order valence-corrected chi connectivity index (χ4v) is 6.26. The first-order valence-electron chi connectivity index (χ1n) is 12.9. The highest BCUT2D eigenvalue weighted by molar-refractivity contribution is 5.69. The predicted molar refractivity (Wildman–Crippen MR) is 129 cm³/mol. The SMILES string of the molecule is CC(O)OC(=O)CCc1cccc(C2Oc3ccccc3C(CC3CCC4CCCC4C3)O2)c1. The number of esters is 1. The van der Waals surface area contributed by atoms with E-state index in [2.05, 4.69) is 18.2 Å². The van der Waals surface area contributed by atoms with Crippen LogP contribution in [0.2, 0.25) is 0 Å². The van der Waals surface area contributed by atoms with Crippen LogP contribution in [0.15, 0.2) is 48.5 Å². The number of aliphatic hydroxyl groups excluding tert-OH is 1. The summed E-state index contributed by atoms with van der Waals surface area (Å²) >= 11 is 0. The maximum absolute atomic E-state index is 11.8. The van der Waals surface area contributed by atoms with Crippen LogP contribution in [0.4, 0.5) is 0 Å². The monoisotopic (exact) mass is 464 g/mol. The van der Waals surface area contributed by atoms with Gasteiger partial charge in [0.2, 0.25) is 6.29 Å². The van der Waals surface area contributed by atoms with Crippen molar-refractivity contribution in [2.45, 2.75) is 83.4 Å². The summed E-state index contributed by atoms with van der Waals surface area (Å²) in [6.45, 7) is 1.43. The van der Waals surface area contributed by atoms with Gasteiger partial charge in [-0.1, -0.05) is 62.1 Å². The molecule has 182 valence electrons. The number of aryl methyl sites for hydroxylation is 1. The highest BCUT2D eigenvalue weighted by Gasteiger charge is 2.37. The molecule has 2 aromatic rings. The number of carbonyl (C=O) groups excluding carboxylic acids is 1. The van der Waals surface area contributed by atoms with E-state index < -0.39 is 18.5 Å². The zero-order valence-corrected chi connectivity index (χ0v) is 20.0. The van der Waals surface area contributed by atoms with Gasteiger partial charge in [-0.15, -0.1) is 0 Å². The number of benzene rings is 2. The van der Waals surface area contributed by atoms with Crippen LogP contribution < -0.4 is 4.74 Å². The second-order valence-corrected chi connectivity index (χ2v) is 10.3. The van der Waals surface area contributed by atoms with Gasteiger partial charge in [-0.3, -0.25) is 4.79 Å². The molecule has 0 aromatic heterocycles. The van der Waals surface area contributed by atoms with Crippen LogP contribution in [-0.4, -0.2) is 17.4 Å². The number of fused-ring (bicyclic) bond motifs is 2. The van der Waals surface area contributed by atoms with E-state index in [0.29, 0.717) is 12.3 Å². The van der Waals surface area contributed by atoms with Gasteiger partial charge in [0.05, 0.1) is 6.10 Å². The molecule has 1 heterocycles. The minimum atomic E-state index is -1.08. The highest BCUT2D eigenvalue weighted by atomic mass is 16.7. The number of para-hydroxylation sites is 1. The largest absolute Gasteiger partial charge is 0.460 e. The molecule has 0 bridgehead atoms. The van der Waals surface area contributed by atoms with Crippen LogP contribution in [0.1, 0.15) is 87.4 Å². The number of hydrogen-bond donors (Lipinski definition) is 1. The van der Waals surface area contributed by atoms with Crippen LogP contribution in [-0.2, 0) is 20.7 Å². The van der Waals surface area contributed by atoms with Gasteiger partial charge in [0.1, 0.15) is 5.75 Å². The van der Waals surface area contributed by atoms with E-state index in [-0.39, 0.29) is 12.5 Å². The van der Waals surface area contributed by atoms with E-state index in [1.54, 1.807) is 0 Å². The van der Waals surface area contributed by atoms with Crippen molar-refractivity contribution in [1.82, 2.24) is 0 Å². The van der Waals surface area contributed by atoms with E-state index >= 15 is 0 Å². The summed E-state index contributed by atoms with van der Waals surface area (Å²) in [6, 6.07) is 16.3. The number of carbonyl (C=O) groups is 1. The third-order valence-electron chi connectivity index (χ3n) is 7.88. The molecule has 5 rings (SSSR count). The van der Waals surface area contributed by atoms with Crippen molar-refractivity contribution in [2.75, 3.05) is 0 Å². The molecule has 2 aromatic carbocycles. The summed E-state index contributed by atoms with van der Waals surface area (Å²) in [6.07, 6.45) is 8.58. The zero-order valence-electron chi connectivity index (χ0n) is 20.0. The molecule has 6 unspecified atom stereocenters. The molecular formula is C29H36O5. The van der Waals surface area contributed by atoms with Crippen LogP contribution in [0.3, 0.4) is 0 Å². The first-order valence-corrected chi connectivity index (χ1v) is 12.9. The first-order chi connectivity index (χ1) is 16.5. The zero-order chi connectivity index (χ0) is 23.5. The second-order valence-electron chi connectivity index (χ2n) is 10.3. The van der Waals surface area contributed by atoms with E-state index in [4.69, 9.17) is 14.2 Å². The fourth-order valence-electron chi connectivity index (χ4n) is 6.26. The van der Waals surface area contributed by atoms with Gasteiger partial charge in [-0.2, -0.15) is 0 Å². The summed E-state index contributed by atoms with van der Waals surface area (Å²) < 4.78 is 17.7. The van der Waals surface area contributed by atoms with Crippen LogP contribution >= 0.6 is 0 Å². The Morgan fingerprint density at radius 1 is 1.09 bits per heavy atom. The average molecular weight is 465 g/mol. The van der Waals surface area contributed by atoms with Gasteiger partial charge >= 0.3 is 5.97 Å². The molecule has 5 heteroatoms. The highest BCUT2D eigenvalue weighted by Crippen LogP contribution is 2.49. The normalized spacial score (nSPS) is 28.9. The Hall–Kier alpha value is -2.37. The summed E-state index contributed by atoms with van der Waals surface area (Å²) in [4.78, 5) is 11.8. The first kappa shape index (κ1) is 23.4. The lowest BCUT2D eigenvalue weighted by atomic mass is 9.73. The second kappa shape index (κ2) is 10.5. The van der Waals surface area contributed by atoms with E-state index in [1.165, 1.54) is 45.4 Å². The Morgan fingerprint density at radius 3 is 2.82 bits per heavy atom. The van der Waals surface area contributed by atoms with Gasteiger partial charge in [0.15, 0.2) is 6.29 Å². The van der Waals surface area contributed by atoms with Crippen molar-refractivity contribution >= 4 is 5.97 Å². The van der Waals surface area contributed by atoms with Gasteiger partial charge in [0.25, 0.3) is 0 Å². The molecule has 34 heavy (non-hydrogen) atoms. The molecule has 0 spiro atoms. The molecule has 2 saturated carbocycles. The molecule has 5 nitrogen and oxygen atoms in total. The van der Waals surface area contributed by atoms with Crippen LogP contribution in [0.5, 0.6) is 5.75 Å². The Labute approximate surface area is 202 Å². The van der Waals surface area contributed by atoms with Crippen molar-refractivity contribution in [2.24, 2.45) is 17.8 Å². The third-order valence-corrected chi connectivity index (χ3v) is 7.88. The number of aliphatic hydroxyl groups is 1. The van der Waals surface area contributed by atoms with E-state index in [9.17, 15) is 9.90 Å². The predicted octanol–water partition coefficient (Wildman–Crippen LogP) is 6.26. The van der Waals surface area contributed by atoms with Crippen molar-refractivity contribution in [1.29, 1.82) is 0 Å². The topological polar surface area (TPSA) is 65.0 Å². The standard InChI is InChI=1S/C29H36O5/c1-19(30)32-28(31)15-13-20-6-4-9-24(16-20)29-33-26-11-3-2-10-25(26)27(34-29)18-21-12-14-22-7-5-8-23(22)17-21/h2-4,6,9-11,16,19,21-23,27,29-30H,5,7-8,12-15,17-18H2,1H3. The minimum absolute atomic E-state index is 0.0302. The van der Waals surface area contributed by atoms with Crippen molar-refractivity contribution in [3.05, 3.63) is 65.2 Å². The summed E-state index contributed by atoms with van der Waals surface area (Å²) in [5.41, 5.74) is 3.13.